The van der Waals surface area contributed by atoms with E-state index in [0.717, 1.165) is 0 Å². The van der Waals surface area contributed by atoms with Crippen molar-refractivity contribution in [3.8, 4) is 0 Å². The van der Waals surface area contributed by atoms with Gasteiger partial charge in [-0.1, -0.05) is 38.1 Å². The molecule has 0 aliphatic rings. The fourth-order valence-corrected chi connectivity index (χ4v) is 1.30. The Bertz CT molecular complexity index is 312. The Hall–Kier alpha value is -0.990. The summed E-state index contributed by atoms with van der Waals surface area (Å²) in [6.07, 6.45) is -1.12. The molecule has 0 aliphatic carbocycles. The molecule has 1 unspecified atom stereocenters. The van der Waals surface area contributed by atoms with Crippen LogP contribution < -0.4 is 0 Å². The SMILES string of the molecule is CC(F)c1ccc(C(F)(F)C(C)C)cc1. The maximum absolute atomic E-state index is 13.5. The first-order chi connectivity index (χ1) is 6.85. The summed E-state index contributed by atoms with van der Waals surface area (Å²) in [7, 11) is 0. The van der Waals surface area contributed by atoms with E-state index in [1.807, 2.05) is 0 Å². The Morgan fingerprint density at radius 2 is 1.47 bits per heavy atom. The van der Waals surface area contributed by atoms with Crippen LogP contribution in [0.5, 0.6) is 0 Å². The van der Waals surface area contributed by atoms with Gasteiger partial charge in [-0.3, -0.25) is 0 Å². The minimum Gasteiger partial charge on any atom is -0.243 e. The molecule has 0 fully saturated rings. The van der Waals surface area contributed by atoms with Crippen LogP contribution in [0.25, 0.3) is 0 Å². The molecular formula is C12H15F3. The molecule has 0 saturated carbocycles. The first kappa shape index (κ1) is 12.1. The molecule has 0 bridgehead atoms. The van der Waals surface area contributed by atoms with Crippen LogP contribution in [0.15, 0.2) is 24.3 Å². The third-order valence-corrected chi connectivity index (χ3v) is 2.48. The first-order valence-corrected chi connectivity index (χ1v) is 4.98. The van der Waals surface area contributed by atoms with Crippen LogP contribution in [0.4, 0.5) is 13.2 Å². The number of benzene rings is 1. The van der Waals surface area contributed by atoms with Gasteiger partial charge in [0.05, 0.1) is 0 Å². The van der Waals surface area contributed by atoms with Crippen LogP contribution in [0, 0.1) is 5.92 Å². The standard InChI is InChI=1S/C12H15F3/c1-8(2)12(14,15)11-6-4-10(5-7-11)9(3)13/h4-9H,1-3H3. The van der Waals surface area contributed by atoms with Crippen LogP contribution in [-0.4, -0.2) is 0 Å². The molecule has 15 heavy (non-hydrogen) atoms. The van der Waals surface area contributed by atoms with E-state index in [4.69, 9.17) is 0 Å². The van der Waals surface area contributed by atoms with Crippen LogP contribution in [0.2, 0.25) is 0 Å². The molecule has 0 amide bonds. The summed E-state index contributed by atoms with van der Waals surface area (Å²) in [4.78, 5) is 0. The highest BCUT2D eigenvalue weighted by molar-refractivity contribution is 5.27. The van der Waals surface area contributed by atoms with Gasteiger partial charge in [-0.15, -0.1) is 0 Å². The zero-order valence-electron chi connectivity index (χ0n) is 9.10. The summed E-state index contributed by atoms with van der Waals surface area (Å²) in [6.45, 7) is 4.31. The summed E-state index contributed by atoms with van der Waals surface area (Å²) in [5.74, 6) is -3.61. The lowest BCUT2D eigenvalue weighted by Crippen LogP contribution is -2.20. The van der Waals surface area contributed by atoms with E-state index < -0.39 is 18.0 Å². The molecule has 0 spiro atoms. The minimum atomic E-state index is -2.85. The molecule has 1 rings (SSSR count). The molecule has 0 N–H and O–H groups in total. The van der Waals surface area contributed by atoms with E-state index in [1.54, 1.807) is 0 Å². The topological polar surface area (TPSA) is 0 Å². The molecule has 1 atom stereocenters. The molecule has 1 aromatic carbocycles. The van der Waals surface area contributed by atoms with Gasteiger partial charge in [0.25, 0.3) is 5.92 Å². The molecule has 84 valence electrons. The third kappa shape index (κ3) is 2.52. The average molecular weight is 216 g/mol. The number of hydrogen-bond acceptors (Lipinski definition) is 0. The average Bonchev–Trinajstić information content (AvgIpc) is 2.17. The van der Waals surface area contributed by atoms with Gasteiger partial charge in [0.1, 0.15) is 6.17 Å². The van der Waals surface area contributed by atoms with Crippen molar-refractivity contribution < 1.29 is 13.2 Å². The summed E-state index contributed by atoms with van der Waals surface area (Å²) in [5, 5.41) is 0. The van der Waals surface area contributed by atoms with Crippen molar-refractivity contribution in [3.63, 3.8) is 0 Å². The second-order valence-corrected chi connectivity index (χ2v) is 4.02. The fraction of sp³-hybridized carbons (Fsp3) is 0.500. The number of hydrogen-bond donors (Lipinski definition) is 0. The van der Waals surface area contributed by atoms with Crippen LogP contribution >= 0.6 is 0 Å². The van der Waals surface area contributed by atoms with Crippen molar-refractivity contribution in [3.05, 3.63) is 35.4 Å². The summed E-state index contributed by atoms with van der Waals surface area (Å²) in [5.41, 5.74) is 0.375. The smallest absolute Gasteiger partial charge is 0.243 e. The van der Waals surface area contributed by atoms with Crippen molar-refractivity contribution >= 4 is 0 Å². The maximum Gasteiger partial charge on any atom is 0.275 e. The van der Waals surface area contributed by atoms with Crippen molar-refractivity contribution in [1.29, 1.82) is 0 Å². The minimum absolute atomic E-state index is 0.0538. The van der Waals surface area contributed by atoms with E-state index in [2.05, 4.69) is 0 Å². The van der Waals surface area contributed by atoms with Gasteiger partial charge in [-0.25, -0.2) is 13.2 Å². The van der Waals surface area contributed by atoms with Gasteiger partial charge in [0, 0.05) is 11.5 Å². The fourth-order valence-electron chi connectivity index (χ4n) is 1.30. The lowest BCUT2D eigenvalue weighted by Gasteiger charge is -2.21. The molecule has 0 heterocycles. The predicted molar refractivity (Wildman–Crippen MR) is 54.7 cm³/mol. The predicted octanol–water partition coefficient (Wildman–Crippen LogP) is 4.46. The maximum atomic E-state index is 13.5. The van der Waals surface area contributed by atoms with Crippen LogP contribution in [0.3, 0.4) is 0 Å². The van der Waals surface area contributed by atoms with Crippen molar-refractivity contribution in [2.24, 2.45) is 5.92 Å². The number of alkyl halides is 3. The van der Waals surface area contributed by atoms with Gasteiger partial charge in [-0.2, -0.15) is 0 Å². The van der Waals surface area contributed by atoms with Gasteiger partial charge in [0.2, 0.25) is 0 Å². The van der Waals surface area contributed by atoms with Gasteiger partial charge in [0.15, 0.2) is 0 Å². The molecule has 0 aliphatic heterocycles. The van der Waals surface area contributed by atoms with Crippen LogP contribution in [-0.2, 0) is 5.92 Å². The largest absolute Gasteiger partial charge is 0.275 e. The zero-order valence-corrected chi connectivity index (χ0v) is 9.10. The van der Waals surface area contributed by atoms with E-state index in [0.29, 0.717) is 5.56 Å². The third-order valence-electron chi connectivity index (χ3n) is 2.48. The second-order valence-electron chi connectivity index (χ2n) is 4.02. The highest BCUT2D eigenvalue weighted by Gasteiger charge is 2.35. The lowest BCUT2D eigenvalue weighted by atomic mass is 9.96. The Labute approximate surface area is 88.1 Å². The number of halogens is 3. The van der Waals surface area contributed by atoms with Crippen molar-refractivity contribution in [2.45, 2.75) is 32.9 Å². The lowest BCUT2D eigenvalue weighted by molar-refractivity contribution is -0.0514. The Kier molecular flexibility index (Phi) is 3.42. The monoisotopic (exact) mass is 216 g/mol. The van der Waals surface area contributed by atoms with Gasteiger partial charge >= 0.3 is 0 Å². The Morgan fingerprint density at radius 3 is 1.80 bits per heavy atom. The normalized spacial score (nSPS) is 14.3. The van der Waals surface area contributed by atoms with Crippen molar-refractivity contribution in [1.82, 2.24) is 0 Å². The quantitative estimate of drug-likeness (QED) is 0.699. The van der Waals surface area contributed by atoms with Crippen LogP contribution in [0.1, 0.15) is 38.1 Å². The highest BCUT2D eigenvalue weighted by atomic mass is 19.3. The van der Waals surface area contributed by atoms with E-state index in [1.165, 1.54) is 45.0 Å². The van der Waals surface area contributed by atoms with Gasteiger partial charge in [-0.05, 0) is 12.5 Å². The zero-order chi connectivity index (χ0) is 11.6. The van der Waals surface area contributed by atoms with E-state index in [-0.39, 0.29) is 5.56 Å². The molecule has 0 radical (unpaired) electrons. The summed E-state index contributed by atoms with van der Waals surface area (Å²) in [6, 6.07) is 5.42. The van der Waals surface area contributed by atoms with Crippen molar-refractivity contribution in [2.75, 3.05) is 0 Å². The molecule has 3 heteroatoms. The second kappa shape index (κ2) is 4.25. The summed E-state index contributed by atoms with van der Waals surface area (Å²) < 4.78 is 39.9. The highest BCUT2D eigenvalue weighted by Crippen LogP contribution is 2.35. The molecule has 1 aromatic rings. The summed E-state index contributed by atoms with van der Waals surface area (Å²) >= 11 is 0. The first-order valence-electron chi connectivity index (χ1n) is 4.98. The molecule has 0 saturated heterocycles. The Morgan fingerprint density at radius 1 is 1.00 bits per heavy atom. The Balaban J connectivity index is 2.98. The molecule has 0 aromatic heterocycles. The molecular weight excluding hydrogens is 201 g/mol. The number of rotatable bonds is 3. The van der Waals surface area contributed by atoms with E-state index in [9.17, 15) is 13.2 Å². The molecule has 0 nitrogen and oxygen atoms in total. The van der Waals surface area contributed by atoms with E-state index >= 15 is 0 Å². The van der Waals surface area contributed by atoms with Gasteiger partial charge < -0.3 is 0 Å².